The van der Waals surface area contributed by atoms with Gasteiger partial charge in [-0.15, -0.1) is 6.42 Å². The maximum absolute atomic E-state index is 11.8. The zero-order valence-corrected chi connectivity index (χ0v) is 15.4. The van der Waals surface area contributed by atoms with E-state index in [4.69, 9.17) is 20.6 Å². The molecule has 0 bridgehead atoms. The summed E-state index contributed by atoms with van der Waals surface area (Å²) in [6.07, 6.45) is 5.64. The smallest absolute Gasteiger partial charge is 0.321 e. The molecule has 3 N–H and O–H groups in total. The number of benzene rings is 2. The molecule has 0 aliphatic carbocycles. The number of hydrogen-bond acceptors (Lipinski definition) is 5. The molecule has 0 fully saturated rings. The fourth-order valence-corrected chi connectivity index (χ4v) is 3.99. The Morgan fingerprint density at radius 2 is 2.10 bits per heavy atom. The highest BCUT2D eigenvalue weighted by molar-refractivity contribution is 5.88. The summed E-state index contributed by atoms with van der Waals surface area (Å²) in [6.45, 7) is 0.365. The number of ether oxygens (including phenoxy) is 3. The van der Waals surface area contributed by atoms with E-state index in [2.05, 4.69) is 16.2 Å². The first kappa shape index (κ1) is 17.5. The van der Waals surface area contributed by atoms with E-state index in [1.165, 1.54) is 0 Å². The quantitative estimate of drug-likeness (QED) is 0.593. The van der Waals surface area contributed by atoms with Crippen LogP contribution in [0.5, 0.6) is 17.2 Å². The summed E-state index contributed by atoms with van der Waals surface area (Å²) in [5.41, 5.74) is 3.71. The minimum Gasteiger partial charge on any atom is -0.481 e. The van der Waals surface area contributed by atoms with Crippen molar-refractivity contribution < 1.29 is 24.1 Å². The van der Waals surface area contributed by atoms with Gasteiger partial charge in [-0.1, -0.05) is 12.0 Å². The molecule has 5 rings (SSSR count). The van der Waals surface area contributed by atoms with Crippen LogP contribution >= 0.6 is 0 Å². The van der Waals surface area contributed by atoms with Crippen molar-refractivity contribution >= 4 is 16.9 Å². The van der Waals surface area contributed by atoms with Gasteiger partial charge >= 0.3 is 5.97 Å². The first-order valence-corrected chi connectivity index (χ1v) is 9.23. The van der Waals surface area contributed by atoms with Crippen LogP contribution in [0.25, 0.3) is 10.9 Å². The summed E-state index contributed by atoms with van der Waals surface area (Å²) >= 11 is 0. The lowest BCUT2D eigenvalue weighted by molar-refractivity contribution is -0.139. The van der Waals surface area contributed by atoms with E-state index in [0.29, 0.717) is 23.7 Å². The van der Waals surface area contributed by atoms with Crippen LogP contribution in [0.2, 0.25) is 0 Å². The normalized spacial score (nSPS) is 19.6. The molecule has 3 heterocycles. The summed E-state index contributed by atoms with van der Waals surface area (Å²) < 4.78 is 16.4. The molecule has 7 heteroatoms. The van der Waals surface area contributed by atoms with Crippen molar-refractivity contribution in [3.05, 3.63) is 53.2 Å². The fourth-order valence-electron chi connectivity index (χ4n) is 3.99. The predicted molar refractivity (Wildman–Crippen MR) is 105 cm³/mol. The maximum Gasteiger partial charge on any atom is 0.321 e. The van der Waals surface area contributed by atoms with Crippen molar-refractivity contribution in [2.24, 2.45) is 0 Å². The first-order chi connectivity index (χ1) is 14.1. The van der Waals surface area contributed by atoms with Crippen LogP contribution in [0.1, 0.15) is 22.9 Å². The molecular formula is C22H18N2O5. The zero-order valence-electron chi connectivity index (χ0n) is 15.4. The van der Waals surface area contributed by atoms with Gasteiger partial charge in [-0.2, -0.15) is 0 Å². The van der Waals surface area contributed by atoms with Gasteiger partial charge in [-0.25, -0.2) is 0 Å². The van der Waals surface area contributed by atoms with Gasteiger partial charge in [0.05, 0.1) is 6.04 Å². The van der Waals surface area contributed by atoms with Crippen molar-refractivity contribution in [2.75, 3.05) is 13.4 Å². The molecule has 0 amide bonds. The maximum atomic E-state index is 11.8. The topological polar surface area (TPSA) is 92.8 Å². The second kappa shape index (κ2) is 6.76. The Kier molecular flexibility index (Phi) is 4.07. The van der Waals surface area contributed by atoms with Crippen LogP contribution in [-0.2, 0) is 11.2 Å². The lowest BCUT2D eigenvalue weighted by Crippen LogP contribution is -2.44. The molecule has 2 aliphatic heterocycles. The van der Waals surface area contributed by atoms with Crippen molar-refractivity contribution in [1.82, 2.24) is 10.3 Å². The second-order valence-electron chi connectivity index (χ2n) is 7.02. The molecule has 2 atom stereocenters. The van der Waals surface area contributed by atoms with E-state index in [1.807, 2.05) is 36.4 Å². The number of rotatable bonds is 4. The van der Waals surface area contributed by atoms with Crippen LogP contribution in [0.15, 0.2) is 36.4 Å². The molecule has 7 nitrogen and oxygen atoms in total. The minimum atomic E-state index is -0.893. The molecule has 29 heavy (non-hydrogen) atoms. The van der Waals surface area contributed by atoms with Gasteiger partial charge in [-0.05, 0) is 41.5 Å². The predicted octanol–water partition coefficient (Wildman–Crippen LogP) is 2.60. The van der Waals surface area contributed by atoms with E-state index in [9.17, 15) is 9.90 Å². The van der Waals surface area contributed by atoms with Gasteiger partial charge in [-0.3, -0.25) is 10.1 Å². The van der Waals surface area contributed by atoms with E-state index < -0.39 is 12.0 Å². The van der Waals surface area contributed by atoms with E-state index in [0.717, 1.165) is 27.7 Å². The second-order valence-corrected chi connectivity index (χ2v) is 7.02. The zero-order chi connectivity index (χ0) is 20.0. The molecule has 0 spiro atoms. The average molecular weight is 390 g/mol. The number of carboxylic acids is 1. The van der Waals surface area contributed by atoms with Gasteiger partial charge in [0.1, 0.15) is 18.4 Å². The van der Waals surface area contributed by atoms with Crippen molar-refractivity contribution in [3.8, 4) is 29.6 Å². The highest BCUT2D eigenvalue weighted by Gasteiger charge is 2.34. The Bertz CT molecular complexity index is 1160. The first-order valence-electron chi connectivity index (χ1n) is 9.23. The minimum absolute atomic E-state index is 0.178. The molecule has 2 aromatic carbocycles. The summed E-state index contributed by atoms with van der Waals surface area (Å²) in [5.74, 6) is 3.56. The van der Waals surface area contributed by atoms with Crippen molar-refractivity contribution in [1.29, 1.82) is 0 Å². The number of fused-ring (bicyclic) bond motifs is 4. The third kappa shape index (κ3) is 2.94. The third-order valence-electron chi connectivity index (χ3n) is 5.33. The Labute approximate surface area is 166 Å². The lowest BCUT2D eigenvalue weighted by Gasteiger charge is -2.29. The standard InChI is InChI=1S/C22H18N2O5/c1-2-7-27-13-4-5-16-14(9-13)15-10-17(22(25)26)24-20(21(15)23-16)12-3-6-18-19(8-12)29-11-28-18/h1,3-6,8-9,17,20,23-24H,7,10-11H2,(H,25,26)/t17-,20-/m0/s1. The number of carboxylic acid groups (broad SMARTS) is 1. The van der Waals surface area contributed by atoms with Crippen LogP contribution in [-0.4, -0.2) is 35.5 Å². The molecule has 0 saturated heterocycles. The number of H-pyrrole nitrogens is 1. The molecule has 146 valence electrons. The summed E-state index contributed by atoms with van der Waals surface area (Å²) in [6, 6.07) is 10.3. The summed E-state index contributed by atoms with van der Waals surface area (Å²) in [4.78, 5) is 15.3. The van der Waals surface area contributed by atoms with Gasteiger partial charge in [0, 0.05) is 23.0 Å². The SMILES string of the molecule is C#CCOc1ccc2[nH]c3c(c2c1)C[C@@H](C(=O)O)N[C@H]3c1ccc2c(c1)OCO2. The number of aromatic nitrogens is 1. The number of carbonyl (C=O) groups is 1. The molecule has 3 aromatic rings. The van der Waals surface area contributed by atoms with E-state index in [1.54, 1.807) is 0 Å². The molecular weight excluding hydrogens is 372 g/mol. The number of hydrogen-bond donors (Lipinski definition) is 3. The number of terminal acetylenes is 1. The highest BCUT2D eigenvalue weighted by atomic mass is 16.7. The van der Waals surface area contributed by atoms with E-state index >= 15 is 0 Å². The molecule has 0 unspecified atom stereocenters. The van der Waals surface area contributed by atoms with Gasteiger partial charge in [0.25, 0.3) is 0 Å². The summed E-state index contributed by atoms with van der Waals surface area (Å²) in [7, 11) is 0. The molecule has 2 aliphatic rings. The van der Waals surface area contributed by atoms with Crippen LogP contribution in [0, 0.1) is 12.3 Å². The third-order valence-corrected chi connectivity index (χ3v) is 5.33. The van der Waals surface area contributed by atoms with Gasteiger partial charge in [0.15, 0.2) is 11.5 Å². The largest absolute Gasteiger partial charge is 0.481 e. The number of aliphatic carboxylic acids is 1. The fraction of sp³-hybridized carbons (Fsp3) is 0.227. The van der Waals surface area contributed by atoms with Crippen LogP contribution in [0.4, 0.5) is 0 Å². The monoisotopic (exact) mass is 390 g/mol. The number of nitrogens with one attached hydrogen (secondary N) is 2. The van der Waals surface area contributed by atoms with Crippen molar-refractivity contribution in [3.63, 3.8) is 0 Å². The molecule has 0 saturated carbocycles. The van der Waals surface area contributed by atoms with Gasteiger partial charge < -0.3 is 24.3 Å². The average Bonchev–Trinajstić information content (AvgIpc) is 3.34. The summed E-state index contributed by atoms with van der Waals surface area (Å²) in [5, 5.41) is 13.9. The Morgan fingerprint density at radius 3 is 2.93 bits per heavy atom. The van der Waals surface area contributed by atoms with Gasteiger partial charge in [0.2, 0.25) is 6.79 Å². The highest BCUT2D eigenvalue weighted by Crippen LogP contribution is 2.40. The lowest BCUT2D eigenvalue weighted by atomic mass is 9.90. The van der Waals surface area contributed by atoms with Crippen molar-refractivity contribution in [2.45, 2.75) is 18.5 Å². The van der Waals surface area contributed by atoms with E-state index in [-0.39, 0.29) is 19.4 Å². The Hall–Kier alpha value is -3.63. The van der Waals surface area contributed by atoms with Crippen LogP contribution < -0.4 is 19.5 Å². The molecule has 0 radical (unpaired) electrons. The number of aromatic amines is 1. The Morgan fingerprint density at radius 1 is 1.24 bits per heavy atom. The van der Waals surface area contributed by atoms with Crippen LogP contribution in [0.3, 0.4) is 0 Å². The molecule has 1 aromatic heterocycles. The Balaban J connectivity index is 1.62.